The van der Waals surface area contributed by atoms with Gasteiger partial charge in [-0.05, 0) is 25.1 Å². The van der Waals surface area contributed by atoms with Gasteiger partial charge in [-0.3, -0.25) is 14.9 Å². The number of rotatable bonds is 7. The minimum Gasteiger partial charge on any atom is -0.503 e. The van der Waals surface area contributed by atoms with E-state index in [-0.39, 0.29) is 28.7 Å². The first-order chi connectivity index (χ1) is 13.2. The monoisotopic (exact) mass is 412 g/mol. The molecule has 0 aliphatic rings. The summed E-state index contributed by atoms with van der Waals surface area (Å²) in [4.78, 5) is 33.9. The van der Waals surface area contributed by atoms with Gasteiger partial charge in [0.1, 0.15) is 5.82 Å². The first-order valence-corrected chi connectivity index (χ1v) is 8.17. The van der Waals surface area contributed by atoms with Crippen molar-refractivity contribution in [1.82, 2.24) is 0 Å². The van der Waals surface area contributed by atoms with E-state index in [1.165, 1.54) is 6.07 Å². The molecule has 0 aromatic heterocycles. The lowest BCUT2D eigenvalue weighted by atomic mass is 10.2. The number of esters is 1. The molecule has 1 amide bonds. The van der Waals surface area contributed by atoms with Crippen LogP contribution in [0.3, 0.4) is 0 Å². The van der Waals surface area contributed by atoms with E-state index in [1.54, 1.807) is 6.92 Å². The van der Waals surface area contributed by atoms with E-state index in [4.69, 9.17) is 21.1 Å². The van der Waals surface area contributed by atoms with Gasteiger partial charge in [-0.25, -0.2) is 9.18 Å². The van der Waals surface area contributed by atoms with Crippen molar-refractivity contribution in [1.29, 1.82) is 0 Å². The highest BCUT2D eigenvalue weighted by atomic mass is 35.5. The molecule has 0 aliphatic carbocycles. The molecule has 0 heterocycles. The number of carbonyl (C=O) groups is 2. The van der Waals surface area contributed by atoms with Crippen LogP contribution < -0.4 is 10.1 Å². The molecule has 0 saturated heterocycles. The van der Waals surface area contributed by atoms with Crippen molar-refractivity contribution in [3.05, 3.63) is 56.8 Å². The normalized spacial score (nSPS) is 10.2. The number of carbonyl (C=O) groups excluding carboxylic acids is 2. The van der Waals surface area contributed by atoms with Gasteiger partial charge in [0.25, 0.3) is 11.6 Å². The Labute approximate surface area is 162 Å². The number of aromatic hydroxyl groups is 1. The second-order valence-corrected chi connectivity index (χ2v) is 5.69. The average molecular weight is 413 g/mol. The van der Waals surface area contributed by atoms with Crippen LogP contribution >= 0.6 is 11.6 Å². The summed E-state index contributed by atoms with van der Waals surface area (Å²) in [5.74, 6) is -3.14. The van der Waals surface area contributed by atoms with E-state index in [1.807, 2.05) is 0 Å². The second kappa shape index (κ2) is 9.00. The Morgan fingerprint density at radius 1 is 1.32 bits per heavy atom. The predicted molar refractivity (Wildman–Crippen MR) is 96.3 cm³/mol. The third-order valence-electron chi connectivity index (χ3n) is 3.33. The van der Waals surface area contributed by atoms with Crippen molar-refractivity contribution in [2.75, 3.05) is 18.5 Å². The summed E-state index contributed by atoms with van der Waals surface area (Å²) in [7, 11) is 0. The van der Waals surface area contributed by atoms with Crippen LogP contribution in [0.5, 0.6) is 11.5 Å². The zero-order valence-electron chi connectivity index (χ0n) is 14.4. The molecule has 2 aromatic rings. The molecule has 0 unspecified atom stereocenters. The lowest BCUT2D eigenvalue weighted by molar-refractivity contribution is -0.384. The fourth-order valence-corrected chi connectivity index (χ4v) is 2.29. The third-order valence-corrected chi connectivity index (χ3v) is 3.62. The summed E-state index contributed by atoms with van der Waals surface area (Å²) in [5, 5.41) is 22.4. The maximum absolute atomic E-state index is 13.7. The van der Waals surface area contributed by atoms with E-state index in [0.29, 0.717) is 0 Å². The minimum absolute atomic E-state index is 0.0370. The number of phenols is 1. The van der Waals surface area contributed by atoms with Gasteiger partial charge in [0, 0.05) is 12.1 Å². The van der Waals surface area contributed by atoms with Crippen LogP contribution in [0.4, 0.5) is 15.8 Å². The maximum Gasteiger partial charge on any atom is 0.338 e. The summed E-state index contributed by atoms with van der Waals surface area (Å²) in [6.07, 6.45) is 0. The predicted octanol–water partition coefficient (Wildman–Crippen LogP) is 3.29. The topological polar surface area (TPSA) is 128 Å². The zero-order chi connectivity index (χ0) is 20.8. The third kappa shape index (κ3) is 5.07. The molecular weight excluding hydrogens is 399 g/mol. The van der Waals surface area contributed by atoms with Crippen molar-refractivity contribution in [2.45, 2.75) is 6.92 Å². The quantitative estimate of drug-likeness (QED) is 0.405. The fraction of sp³-hybridized carbons (Fsp3) is 0.176. The maximum atomic E-state index is 13.7. The lowest BCUT2D eigenvalue weighted by Gasteiger charge is -2.10. The molecule has 148 valence electrons. The number of nitro benzene ring substituents is 1. The molecule has 0 fully saturated rings. The number of hydrogen-bond acceptors (Lipinski definition) is 7. The Hall–Kier alpha value is -3.40. The zero-order valence-corrected chi connectivity index (χ0v) is 15.2. The van der Waals surface area contributed by atoms with Crippen LogP contribution in [-0.4, -0.2) is 35.1 Å². The number of anilines is 1. The Kier molecular flexibility index (Phi) is 6.72. The number of nitrogens with zero attached hydrogens (tertiary/aromatic N) is 1. The molecule has 0 aliphatic heterocycles. The van der Waals surface area contributed by atoms with E-state index in [0.717, 1.165) is 24.3 Å². The average Bonchev–Trinajstić information content (AvgIpc) is 2.65. The van der Waals surface area contributed by atoms with Gasteiger partial charge in [0.15, 0.2) is 18.1 Å². The number of hydrogen-bond donors (Lipinski definition) is 2. The summed E-state index contributed by atoms with van der Waals surface area (Å²) in [6, 6.07) is 4.91. The van der Waals surface area contributed by atoms with Crippen molar-refractivity contribution in [3.8, 4) is 11.5 Å². The summed E-state index contributed by atoms with van der Waals surface area (Å²) in [6.45, 7) is 1.08. The number of nitro groups is 1. The number of halogens is 2. The SMILES string of the molecule is CCOc1cc(C(=O)OCC(=O)Nc2cc([N+](=O)[O-])ccc2F)cc(Cl)c1O. The Bertz CT molecular complexity index is 936. The van der Waals surface area contributed by atoms with Crippen LogP contribution in [0.1, 0.15) is 17.3 Å². The number of amides is 1. The van der Waals surface area contributed by atoms with Crippen LogP contribution in [0.25, 0.3) is 0 Å². The molecule has 0 saturated carbocycles. The summed E-state index contributed by atoms with van der Waals surface area (Å²) >= 11 is 5.81. The highest BCUT2D eigenvalue weighted by Crippen LogP contribution is 2.35. The van der Waals surface area contributed by atoms with Gasteiger partial charge < -0.3 is 19.9 Å². The van der Waals surface area contributed by atoms with Crippen molar-refractivity contribution < 1.29 is 33.5 Å². The number of non-ortho nitro benzene ring substituents is 1. The van der Waals surface area contributed by atoms with Crippen LogP contribution in [0, 0.1) is 15.9 Å². The minimum atomic E-state index is -0.947. The van der Waals surface area contributed by atoms with Gasteiger partial charge in [-0.1, -0.05) is 11.6 Å². The van der Waals surface area contributed by atoms with Gasteiger partial charge in [0.05, 0.1) is 27.8 Å². The molecule has 2 N–H and O–H groups in total. The smallest absolute Gasteiger partial charge is 0.338 e. The molecule has 0 bridgehead atoms. The standard InChI is InChI=1S/C17H14ClFN2O7/c1-2-27-14-6-9(5-11(18)16(14)23)17(24)28-8-15(22)20-13-7-10(21(25)26)3-4-12(13)19/h3-7,23H,2,8H2,1H3,(H,20,22). The van der Waals surface area contributed by atoms with Crippen molar-refractivity contribution >= 4 is 34.9 Å². The van der Waals surface area contributed by atoms with Crippen LogP contribution in [-0.2, 0) is 9.53 Å². The van der Waals surface area contributed by atoms with E-state index >= 15 is 0 Å². The summed E-state index contributed by atoms with van der Waals surface area (Å²) < 4.78 is 23.6. The largest absolute Gasteiger partial charge is 0.503 e. The molecule has 0 spiro atoms. The second-order valence-electron chi connectivity index (χ2n) is 5.28. The van der Waals surface area contributed by atoms with E-state index in [2.05, 4.69) is 5.32 Å². The molecule has 0 radical (unpaired) electrons. The van der Waals surface area contributed by atoms with E-state index in [9.17, 15) is 29.2 Å². The lowest BCUT2D eigenvalue weighted by Crippen LogP contribution is -2.21. The molecule has 28 heavy (non-hydrogen) atoms. The van der Waals surface area contributed by atoms with Gasteiger partial charge in [-0.15, -0.1) is 0 Å². The van der Waals surface area contributed by atoms with Gasteiger partial charge in [-0.2, -0.15) is 0 Å². The van der Waals surface area contributed by atoms with Crippen molar-refractivity contribution in [3.63, 3.8) is 0 Å². The molecule has 11 heteroatoms. The van der Waals surface area contributed by atoms with Gasteiger partial charge >= 0.3 is 5.97 Å². The van der Waals surface area contributed by atoms with Crippen LogP contribution in [0.15, 0.2) is 30.3 Å². The summed E-state index contributed by atoms with van der Waals surface area (Å²) in [5.41, 5.74) is -0.932. The van der Waals surface area contributed by atoms with Gasteiger partial charge in [0.2, 0.25) is 0 Å². The molecular formula is C17H14ClFN2O7. The highest BCUT2D eigenvalue weighted by molar-refractivity contribution is 6.32. The number of nitrogens with one attached hydrogen (secondary N) is 1. The molecule has 2 rings (SSSR count). The molecule has 2 aromatic carbocycles. The van der Waals surface area contributed by atoms with E-state index < -0.39 is 40.6 Å². The molecule has 9 nitrogen and oxygen atoms in total. The Morgan fingerprint density at radius 2 is 2.04 bits per heavy atom. The number of phenolic OH excluding ortho intramolecular Hbond substituents is 1. The highest BCUT2D eigenvalue weighted by Gasteiger charge is 2.18. The van der Waals surface area contributed by atoms with Crippen LogP contribution in [0.2, 0.25) is 5.02 Å². The fourth-order valence-electron chi connectivity index (χ4n) is 2.08. The van der Waals surface area contributed by atoms with Crippen molar-refractivity contribution in [2.24, 2.45) is 0 Å². The number of ether oxygens (including phenoxy) is 2. The Morgan fingerprint density at radius 3 is 2.68 bits per heavy atom. The first-order valence-electron chi connectivity index (χ1n) is 7.79. The number of benzene rings is 2. The molecule has 0 atom stereocenters. The Balaban J connectivity index is 2.04. The first kappa shape index (κ1) is 20.9.